The van der Waals surface area contributed by atoms with E-state index in [0.717, 1.165) is 0 Å². The Balaban J connectivity index is 2.93. The molecule has 0 aliphatic carbocycles. The number of thiophene rings is 1. The van der Waals surface area contributed by atoms with Crippen molar-refractivity contribution in [2.75, 3.05) is 6.61 Å². The minimum Gasteiger partial charge on any atom is -0.479 e. The highest BCUT2D eigenvalue weighted by molar-refractivity contribution is 9.10. The summed E-state index contributed by atoms with van der Waals surface area (Å²) < 4.78 is 6.32. The van der Waals surface area contributed by atoms with Gasteiger partial charge in [-0.2, -0.15) is 0 Å². The zero-order chi connectivity index (χ0) is 10.7. The molecule has 0 fully saturated rings. The van der Waals surface area contributed by atoms with Crippen molar-refractivity contribution in [1.29, 1.82) is 0 Å². The van der Waals surface area contributed by atoms with Gasteiger partial charge in [-0.05, 0) is 28.9 Å². The molecule has 0 aliphatic heterocycles. The summed E-state index contributed by atoms with van der Waals surface area (Å²) in [4.78, 5) is 11.4. The molecule has 1 heterocycles. The number of rotatable bonds is 4. The van der Waals surface area contributed by atoms with Crippen LogP contribution in [0.15, 0.2) is 10.5 Å². The summed E-state index contributed by atoms with van der Waals surface area (Å²) in [6.07, 6.45) is -0.922. The SMILES string of the molecule is CCOC(C(=O)O)c1cc(Br)c(Cl)s1. The van der Waals surface area contributed by atoms with E-state index in [1.165, 1.54) is 11.3 Å². The Bertz CT molecular complexity index is 320. The fourth-order valence-corrected chi connectivity index (χ4v) is 2.71. The number of carbonyl (C=O) groups is 1. The molecule has 14 heavy (non-hydrogen) atoms. The summed E-state index contributed by atoms with van der Waals surface area (Å²) >= 11 is 10.2. The third-order valence-corrected chi connectivity index (χ3v) is 4.00. The molecular weight excluding hydrogens is 292 g/mol. The van der Waals surface area contributed by atoms with Gasteiger partial charge in [0.05, 0.1) is 0 Å². The van der Waals surface area contributed by atoms with E-state index in [4.69, 9.17) is 21.4 Å². The average Bonchev–Trinajstić information content (AvgIpc) is 2.42. The fraction of sp³-hybridized carbons (Fsp3) is 0.375. The highest BCUT2D eigenvalue weighted by atomic mass is 79.9. The zero-order valence-electron chi connectivity index (χ0n) is 7.29. The second kappa shape index (κ2) is 5.11. The van der Waals surface area contributed by atoms with Crippen molar-refractivity contribution in [3.05, 3.63) is 19.8 Å². The maximum Gasteiger partial charge on any atom is 0.338 e. The van der Waals surface area contributed by atoms with Crippen LogP contribution in [0.4, 0.5) is 0 Å². The highest BCUT2D eigenvalue weighted by Gasteiger charge is 2.23. The van der Waals surface area contributed by atoms with Gasteiger partial charge in [-0.15, -0.1) is 11.3 Å². The van der Waals surface area contributed by atoms with Crippen LogP contribution in [0.25, 0.3) is 0 Å². The predicted molar refractivity (Wildman–Crippen MR) is 59.0 cm³/mol. The second-order valence-corrected chi connectivity index (χ2v) is 4.98. The van der Waals surface area contributed by atoms with Crippen molar-refractivity contribution < 1.29 is 14.6 Å². The summed E-state index contributed by atoms with van der Waals surface area (Å²) in [5.74, 6) is -1.00. The van der Waals surface area contributed by atoms with Gasteiger partial charge in [0.25, 0.3) is 0 Å². The zero-order valence-corrected chi connectivity index (χ0v) is 10.4. The first kappa shape index (κ1) is 12.0. The lowest BCUT2D eigenvalue weighted by atomic mass is 10.3. The first-order valence-electron chi connectivity index (χ1n) is 3.85. The number of hydrogen-bond donors (Lipinski definition) is 1. The van der Waals surface area contributed by atoms with Crippen LogP contribution in [-0.4, -0.2) is 17.7 Å². The molecule has 1 N–H and O–H groups in total. The number of halogens is 2. The van der Waals surface area contributed by atoms with Crippen LogP contribution in [0.1, 0.15) is 17.9 Å². The molecule has 0 spiro atoms. The topological polar surface area (TPSA) is 46.5 Å². The van der Waals surface area contributed by atoms with Gasteiger partial charge in [0.1, 0.15) is 4.34 Å². The van der Waals surface area contributed by atoms with Crippen LogP contribution < -0.4 is 0 Å². The van der Waals surface area contributed by atoms with Crippen molar-refractivity contribution >= 4 is 44.8 Å². The molecule has 1 rings (SSSR count). The monoisotopic (exact) mass is 298 g/mol. The molecule has 0 radical (unpaired) electrons. The molecule has 1 aromatic heterocycles. The van der Waals surface area contributed by atoms with Crippen LogP contribution in [0.2, 0.25) is 4.34 Å². The molecule has 1 atom stereocenters. The normalized spacial score (nSPS) is 12.8. The van der Waals surface area contributed by atoms with Crippen molar-refractivity contribution in [3.63, 3.8) is 0 Å². The average molecular weight is 300 g/mol. The van der Waals surface area contributed by atoms with Gasteiger partial charge in [-0.25, -0.2) is 4.79 Å². The third kappa shape index (κ3) is 2.70. The van der Waals surface area contributed by atoms with E-state index in [1.807, 2.05) is 0 Å². The van der Waals surface area contributed by atoms with Crippen LogP contribution in [0, 0.1) is 0 Å². The van der Waals surface area contributed by atoms with Crippen molar-refractivity contribution in [1.82, 2.24) is 0 Å². The Hall–Kier alpha value is -0.100. The molecule has 0 amide bonds. The van der Waals surface area contributed by atoms with Crippen molar-refractivity contribution in [3.8, 4) is 0 Å². The number of ether oxygens (including phenoxy) is 1. The van der Waals surface area contributed by atoms with Crippen LogP contribution in [-0.2, 0) is 9.53 Å². The maximum atomic E-state index is 10.8. The van der Waals surface area contributed by atoms with E-state index in [2.05, 4.69) is 15.9 Å². The molecule has 6 heteroatoms. The summed E-state index contributed by atoms with van der Waals surface area (Å²) in [6.45, 7) is 2.10. The number of hydrogen-bond acceptors (Lipinski definition) is 3. The predicted octanol–water partition coefficient (Wildman–Crippen LogP) is 3.33. The van der Waals surface area contributed by atoms with Crippen molar-refractivity contribution in [2.45, 2.75) is 13.0 Å². The molecule has 0 aliphatic rings. The Kier molecular flexibility index (Phi) is 4.37. The van der Waals surface area contributed by atoms with Crippen LogP contribution in [0.3, 0.4) is 0 Å². The lowest BCUT2D eigenvalue weighted by Crippen LogP contribution is -2.13. The number of carboxylic acid groups (broad SMARTS) is 1. The largest absolute Gasteiger partial charge is 0.479 e. The second-order valence-electron chi connectivity index (χ2n) is 2.44. The molecule has 78 valence electrons. The number of aliphatic carboxylic acids is 1. The van der Waals surface area contributed by atoms with E-state index in [0.29, 0.717) is 20.3 Å². The minimum atomic E-state index is -1.00. The first-order valence-corrected chi connectivity index (χ1v) is 5.84. The lowest BCUT2D eigenvalue weighted by Gasteiger charge is -2.09. The molecule has 1 unspecified atom stereocenters. The molecule has 0 saturated carbocycles. The van der Waals surface area contributed by atoms with Crippen LogP contribution in [0.5, 0.6) is 0 Å². The van der Waals surface area contributed by atoms with Gasteiger partial charge in [0, 0.05) is 16.0 Å². The Morgan fingerprint density at radius 3 is 2.86 bits per heavy atom. The molecule has 3 nitrogen and oxygen atoms in total. The summed E-state index contributed by atoms with van der Waals surface area (Å²) in [7, 11) is 0. The van der Waals surface area contributed by atoms with Gasteiger partial charge in [0.2, 0.25) is 0 Å². The minimum absolute atomic E-state index is 0.351. The van der Waals surface area contributed by atoms with E-state index in [9.17, 15) is 4.79 Å². The van der Waals surface area contributed by atoms with E-state index in [-0.39, 0.29) is 0 Å². The summed E-state index contributed by atoms with van der Waals surface area (Å²) in [5, 5.41) is 8.88. The van der Waals surface area contributed by atoms with E-state index < -0.39 is 12.1 Å². The van der Waals surface area contributed by atoms with Gasteiger partial charge in [-0.1, -0.05) is 11.6 Å². The maximum absolute atomic E-state index is 10.8. The quantitative estimate of drug-likeness (QED) is 0.927. The third-order valence-electron chi connectivity index (χ3n) is 1.48. The Labute approximate surface area is 98.8 Å². The highest BCUT2D eigenvalue weighted by Crippen LogP contribution is 2.36. The van der Waals surface area contributed by atoms with Crippen LogP contribution >= 0.6 is 38.9 Å². The summed E-state index contributed by atoms with van der Waals surface area (Å²) in [5.41, 5.74) is 0. The van der Waals surface area contributed by atoms with Gasteiger partial charge >= 0.3 is 5.97 Å². The van der Waals surface area contributed by atoms with Gasteiger partial charge < -0.3 is 9.84 Å². The van der Waals surface area contributed by atoms with Crippen molar-refractivity contribution in [2.24, 2.45) is 0 Å². The van der Waals surface area contributed by atoms with E-state index >= 15 is 0 Å². The van der Waals surface area contributed by atoms with E-state index in [1.54, 1.807) is 13.0 Å². The number of carboxylic acids is 1. The molecular formula is C8H8BrClO3S. The first-order chi connectivity index (χ1) is 6.56. The summed E-state index contributed by atoms with van der Waals surface area (Å²) in [6, 6.07) is 1.67. The standard InChI is InChI=1S/C8H8BrClO3S/c1-2-13-6(8(11)12)5-3-4(9)7(10)14-5/h3,6H,2H2,1H3,(H,11,12). The Morgan fingerprint density at radius 1 is 1.86 bits per heavy atom. The van der Waals surface area contributed by atoms with Gasteiger partial charge in [0.15, 0.2) is 6.10 Å². The lowest BCUT2D eigenvalue weighted by molar-refractivity contribution is -0.150. The molecule has 0 aromatic carbocycles. The fourth-order valence-electron chi connectivity index (χ4n) is 0.934. The molecule has 1 aromatic rings. The molecule has 0 bridgehead atoms. The Morgan fingerprint density at radius 2 is 2.50 bits per heavy atom. The van der Waals surface area contributed by atoms with Gasteiger partial charge in [-0.3, -0.25) is 0 Å². The smallest absolute Gasteiger partial charge is 0.338 e. The molecule has 0 saturated heterocycles.